The minimum Gasteiger partial charge on any atom is -0.366 e. The molecule has 0 saturated heterocycles. The summed E-state index contributed by atoms with van der Waals surface area (Å²) in [6, 6.07) is 10.1. The van der Waals surface area contributed by atoms with Crippen LogP contribution in [0.15, 0.2) is 34.9 Å². The van der Waals surface area contributed by atoms with E-state index in [9.17, 15) is 24.9 Å². The maximum absolute atomic E-state index is 12.5. The van der Waals surface area contributed by atoms with Gasteiger partial charge in [-0.15, -0.1) is 0 Å². The molecule has 1 aromatic rings. The highest BCUT2D eigenvalue weighted by atomic mass is 32.2. The lowest BCUT2D eigenvalue weighted by Crippen LogP contribution is -2.45. The predicted molar refractivity (Wildman–Crippen MR) is 104 cm³/mol. The molecule has 0 saturated carbocycles. The molecule has 144 valence electrons. The molecule has 9 heteroatoms. The highest BCUT2D eigenvalue weighted by Crippen LogP contribution is 2.42. The Morgan fingerprint density at radius 2 is 1.89 bits per heavy atom. The van der Waals surface area contributed by atoms with E-state index in [1.165, 1.54) is 12.1 Å². The van der Waals surface area contributed by atoms with Gasteiger partial charge in [-0.1, -0.05) is 25.6 Å². The van der Waals surface area contributed by atoms with Gasteiger partial charge in [0.1, 0.15) is 5.92 Å². The first-order valence-corrected chi connectivity index (χ1v) is 9.22. The molecule has 4 N–H and O–H groups in total. The number of hydrogen-bond acceptors (Lipinski definition) is 6. The number of primary amides is 1. The van der Waals surface area contributed by atoms with Crippen LogP contribution in [0.2, 0.25) is 0 Å². The number of nitrogens with one attached hydrogen (secondary N) is 2. The maximum atomic E-state index is 12.5. The van der Waals surface area contributed by atoms with Gasteiger partial charge in [0, 0.05) is 16.7 Å². The van der Waals surface area contributed by atoms with Crippen LogP contribution in [0, 0.1) is 34.0 Å². The van der Waals surface area contributed by atoms with Crippen LogP contribution in [0.25, 0.3) is 0 Å². The molecule has 0 fully saturated rings. The van der Waals surface area contributed by atoms with Gasteiger partial charge in [0.05, 0.1) is 28.0 Å². The SMILES string of the molecule is C[C@H](SC1=C(C#N)C(C)(C)[C@H](C#N)C(=O)N1)C(=O)Nc1ccc(C(N)=O)cc1. The van der Waals surface area contributed by atoms with Gasteiger partial charge < -0.3 is 16.4 Å². The second-order valence-electron chi connectivity index (χ2n) is 6.78. The zero-order chi connectivity index (χ0) is 21.1. The molecule has 0 aromatic heterocycles. The molecule has 1 aliphatic heterocycles. The van der Waals surface area contributed by atoms with Crippen LogP contribution >= 0.6 is 11.8 Å². The van der Waals surface area contributed by atoms with E-state index >= 15 is 0 Å². The Morgan fingerprint density at radius 3 is 2.39 bits per heavy atom. The minimum atomic E-state index is -0.987. The van der Waals surface area contributed by atoms with Crippen molar-refractivity contribution in [1.29, 1.82) is 10.5 Å². The van der Waals surface area contributed by atoms with Gasteiger partial charge in [-0.2, -0.15) is 10.5 Å². The summed E-state index contributed by atoms with van der Waals surface area (Å²) < 4.78 is 0. The number of amides is 3. The Kier molecular flexibility index (Phi) is 6.12. The van der Waals surface area contributed by atoms with Crippen molar-refractivity contribution in [2.24, 2.45) is 17.1 Å². The van der Waals surface area contributed by atoms with E-state index in [-0.39, 0.29) is 16.5 Å². The topological polar surface area (TPSA) is 149 Å². The Morgan fingerprint density at radius 1 is 1.29 bits per heavy atom. The van der Waals surface area contributed by atoms with Gasteiger partial charge in [0.15, 0.2) is 0 Å². The number of benzene rings is 1. The molecule has 2 rings (SSSR count). The van der Waals surface area contributed by atoms with Crippen molar-refractivity contribution >= 4 is 35.2 Å². The van der Waals surface area contributed by atoms with E-state index < -0.39 is 28.4 Å². The third-order valence-electron chi connectivity index (χ3n) is 4.43. The van der Waals surface area contributed by atoms with E-state index in [2.05, 4.69) is 16.7 Å². The van der Waals surface area contributed by atoms with E-state index in [1.54, 1.807) is 32.9 Å². The van der Waals surface area contributed by atoms with Gasteiger partial charge in [0.2, 0.25) is 17.7 Å². The number of carbonyl (C=O) groups is 3. The second kappa shape index (κ2) is 8.15. The predicted octanol–water partition coefficient (Wildman–Crippen LogP) is 1.88. The number of rotatable bonds is 5. The molecule has 2 atom stereocenters. The molecule has 1 heterocycles. The van der Waals surface area contributed by atoms with Crippen molar-refractivity contribution in [3.63, 3.8) is 0 Å². The Hall–Kier alpha value is -3.30. The summed E-state index contributed by atoms with van der Waals surface area (Å²) in [6.07, 6.45) is 0. The van der Waals surface area contributed by atoms with Crippen molar-refractivity contribution < 1.29 is 14.4 Å². The summed E-state index contributed by atoms with van der Waals surface area (Å²) in [4.78, 5) is 35.8. The standard InChI is InChI=1S/C19H19N5O3S/c1-10(16(26)23-12-6-4-11(5-7-12)15(22)25)28-18-14(9-21)19(2,3)13(8-20)17(27)24-18/h4-7,10,13H,1-3H3,(H2,22,25)(H,23,26)(H,24,27)/t10-,13+/m0/s1. The molecule has 1 aliphatic rings. The highest BCUT2D eigenvalue weighted by Gasteiger charge is 2.45. The van der Waals surface area contributed by atoms with Gasteiger partial charge in [-0.3, -0.25) is 14.4 Å². The van der Waals surface area contributed by atoms with Gasteiger partial charge >= 0.3 is 0 Å². The Balaban J connectivity index is 2.17. The van der Waals surface area contributed by atoms with E-state index in [1.807, 2.05) is 6.07 Å². The van der Waals surface area contributed by atoms with E-state index in [4.69, 9.17) is 5.73 Å². The van der Waals surface area contributed by atoms with Crippen LogP contribution in [0.1, 0.15) is 31.1 Å². The average Bonchev–Trinajstić information content (AvgIpc) is 2.61. The van der Waals surface area contributed by atoms with Crippen molar-refractivity contribution in [2.75, 3.05) is 5.32 Å². The number of carbonyl (C=O) groups excluding carboxylic acids is 3. The summed E-state index contributed by atoms with van der Waals surface area (Å²) in [5, 5.41) is 23.7. The third kappa shape index (κ3) is 4.16. The number of thioether (sulfide) groups is 1. The third-order valence-corrected chi connectivity index (χ3v) is 5.54. The quantitative estimate of drug-likeness (QED) is 0.690. The molecule has 0 bridgehead atoms. The van der Waals surface area contributed by atoms with Crippen LogP contribution in [0.5, 0.6) is 0 Å². The Labute approximate surface area is 166 Å². The first-order valence-electron chi connectivity index (χ1n) is 8.34. The van der Waals surface area contributed by atoms with Crippen molar-refractivity contribution in [2.45, 2.75) is 26.0 Å². The first kappa shape index (κ1) is 21.0. The summed E-state index contributed by atoms with van der Waals surface area (Å²) in [7, 11) is 0. The maximum Gasteiger partial charge on any atom is 0.248 e. The lowest BCUT2D eigenvalue weighted by Gasteiger charge is -2.35. The first-order chi connectivity index (χ1) is 13.1. The van der Waals surface area contributed by atoms with Crippen LogP contribution in [-0.4, -0.2) is 23.0 Å². The second-order valence-corrected chi connectivity index (χ2v) is 8.13. The van der Waals surface area contributed by atoms with Crippen LogP contribution in [-0.2, 0) is 9.59 Å². The fourth-order valence-electron chi connectivity index (χ4n) is 2.71. The molecular weight excluding hydrogens is 378 g/mol. The van der Waals surface area contributed by atoms with Crippen molar-refractivity contribution in [3.8, 4) is 12.1 Å². The smallest absolute Gasteiger partial charge is 0.248 e. The van der Waals surface area contributed by atoms with E-state index in [0.29, 0.717) is 11.3 Å². The number of nitrogens with two attached hydrogens (primary N) is 1. The molecular formula is C19H19N5O3S. The average molecular weight is 397 g/mol. The summed E-state index contributed by atoms with van der Waals surface area (Å²) in [5.41, 5.74) is 5.28. The minimum absolute atomic E-state index is 0.258. The lowest BCUT2D eigenvalue weighted by molar-refractivity contribution is -0.125. The zero-order valence-electron chi connectivity index (χ0n) is 15.6. The van der Waals surface area contributed by atoms with Crippen LogP contribution in [0.4, 0.5) is 5.69 Å². The Bertz CT molecular complexity index is 938. The summed E-state index contributed by atoms with van der Waals surface area (Å²) >= 11 is 1.04. The largest absolute Gasteiger partial charge is 0.366 e. The lowest BCUT2D eigenvalue weighted by atomic mass is 9.72. The number of anilines is 1. The van der Waals surface area contributed by atoms with E-state index in [0.717, 1.165) is 11.8 Å². The zero-order valence-corrected chi connectivity index (χ0v) is 16.4. The highest BCUT2D eigenvalue weighted by molar-refractivity contribution is 8.04. The fraction of sp³-hybridized carbons (Fsp3) is 0.316. The van der Waals surface area contributed by atoms with Gasteiger partial charge in [0.25, 0.3) is 0 Å². The fourth-order valence-corrected chi connectivity index (χ4v) is 3.81. The number of nitriles is 2. The van der Waals surface area contributed by atoms with Gasteiger partial charge in [-0.25, -0.2) is 0 Å². The number of allylic oxidation sites excluding steroid dienone is 1. The summed E-state index contributed by atoms with van der Waals surface area (Å²) in [5.74, 6) is -2.40. The summed E-state index contributed by atoms with van der Waals surface area (Å²) in [6.45, 7) is 4.95. The van der Waals surface area contributed by atoms with Crippen molar-refractivity contribution in [3.05, 3.63) is 40.4 Å². The van der Waals surface area contributed by atoms with Crippen LogP contribution in [0.3, 0.4) is 0 Å². The monoisotopic (exact) mass is 397 g/mol. The molecule has 3 amide bonds. The molecule has 0 radical (unpaired) electrons. The number of hydrogen-bond donors (Lipinski definition) is 3. The number of nitrogens with zero attached hydrogens (tertiary/aromatic N) is 2. The van der Waals surface area contributed by atoms with Crippen LogP contribution < -0.4 is 16.4 Å². The molecule has 28 heavy (non-hydrogen) atoms. The molecule has 8 nitrogen and oxygen atoms in total. The molecule has 1 aromatic carbocycles. The van der Waals surface area contributed by atoms with Gasteiger partial charge in [-0.05, 0) is 31.2 Å². The molecule has 0 unspecified atom stereocenters. The van der Waals surface area contributed by atoms with Crippen molar-refractivity contribution in [1.82, 2.24) is 5.32 Å². The normalized spacial score (nSPS) is 19.0. The molecule has 0 spiro atoms. The molecule has 0 aliphatic carbocycles.